The van der Waals surface area contributed by atoms with Crippen LogP contribution in [0, 0.1) is 6.92 Å². The quantitative estimate of drug-likeness (QED) is 0.811. The molecule has 7 nitrogen and oxygen atoms in total. The molecule has 7 heteroatoms. The second-order valence-electron chi connectivity index (χ2n) is 4.35. The zero-order valence-corrected chi connectivity index (χ0v) is 11.1. The van der Waals surface area contributed by atoms with E-state index >= 15 is 0 Å². The Morgan fingerprint density at radius 3 is 2.89 bits per heavy atom. The van der Waals surface area contributed by atoms with E-state index in [1.165, 1.54) is 0 Å². The Balaban J connectivity index is 1.86. The molecule has 0 fully saturated rings. The molecule has 19 heavy (non-hydrogen) atoms. The number of carbonyl (C=O) groups is 1. The van der Waals surface area contributed by atoms with Crippen molar-refractivity contribution < 1.29 is 4.79 Å². The van der Waals surface area contributed by atoms with Crippen molar-refractivity contribution in [3.63, 3.8) is 0 Å². The Kier molecular flexibility index (Phi) is 3.84. The van der Waals surface area contributed by atoms with Gasteiger partial charge >= 0.3 is 0 Å². The predicted molar refractivity (Wildman–Crippen MR) is 71.1 cm³/mol. The molecule has 0 aromatic carbocycles. The van der Waals surface area contributed by atoms with Crippen LogP contribution in [-0.4, -0.2) is 25.5 Å². The van der Waals surface area contributed by atoms with Gasteiger partial charge in [0.2, 0.25) is 5.91 Å². The van der Waals surface area contributed by atoms with Crippen LogP contribution in [0.1, 0.15) is 18.2 Å². The molecule has 2 aromatic heterocycles. The lowest BCUT2D eigenvalue weighted by atomic mass is 10.3. The van der Waals surface area contributed by atoms with Crippen LogP contribution in [0.4, 0.5) is 5.82 Å². The van der Waals surface area contributed by atoms with Gasteiger partial charge in [-0.15, -0.1) is 0 Å². The third-order valence-electron chi connectivity index (χ3n) is 2.79. The lowest BCUT2D eigenvalue weighted by Crippen LogP contribution is -2.27. The molecule has 1 amide bonds. The smallest absolute Gasteiger partial charge is 0.242 e. The van der Waals surface area contributed by atoms with E-state index in [0.717, 1.165) is 17.8 Å². The number of hydrogen-bond acceptors (Lipinski definition) is 4. The van der Waals surface area contributed by atoms with Gasteiger partial charge in [-0.05, 0) is 13.8 Å². The Morgan fingerprint density at radius 1 is 1.53 bits per heavy atom. The highest BCUT2D eigenvalue weighted by atomic mass is 16.2. The van der Waals surface area contributed by atoms with Crippen molar-refractivity contribution in [3.8, 4) is 0 Å². The minimum absolute atomic E-state index is 0.101. The second-order valence-corrected chi connectivity index (χ2v) is 4.35. The molecule has 0 bridgehead atoms. The number of nitrogen functional groups attached to an aromatic ring is 1. The Labute approximate surface area is 111 Å². The van der Waals surface area contributed by atoms with E-state index in [0.29, 0.717) is 12.4 Å². The standard InChI is InChI=1S/C12H18N6O/c1-3-17-7-10(6-15-17)5-14-12(19)8-18-9(2)4-11(13)16-18/h4,6-7H,3,5,8H2,1-2H3,(H2,13,16)(H,14,19). The molecule has 2 heterocycles. The number of hydrogen-bond donors (Lipinski definition) is 2. The van der Waals surface area contributed by atoms with E-state index < -0.39 is 0 Å². The molecular weight excluding hydrogens is 244 g/mol. The number of nitrogens with zero attached hydrogens (tertiary/aromatic N) is 4. The van der Waals surface area contributed by atoms with Crippen molar-refractivity contribution in [3.05, 3.63) is 29.7 Å². The first-order valence-corrected chi connectivity index (χ1v) is 6.16. The summed E-state index contributed by atoms with van der Waals surface area (Å²) < 4.78 is 3.40. The summed E-state index contributed by atoms with van der Waals surface area (Å²) in [6.45, 7) is 5.33. The number of rotatable bonds is 5. The second kappa shape index (κ2) is 5.55. The third-order valence-corrected chi connectivity index (χ3v) is 2.79. The lowest BCUT2D eigenvalue weighted by molar-refractivity contribution is -0.122. The molecule has 3 N–H and O–H groups in total. The molecular formula is C12H18N6O. The monoisotopic (exact) mass is 262 g/mol. The number of amides is 1. The van der Waals surface area contributed by atoms with Gasteiger partial charge in [-0.25, -0.2) is 0 Å². The lowest BCUT2D eigenvalue weighted by Gasteiger charge is -2.05. The molecule has 0 spiro atoms. The largest absolute Gasteiger partial charge is 0.382 e. The van der Waals surface area contributed by atoms with Gasteiger partial charge in [-0.2, -0.15) is 10.2 Å². The van der Waals surface area contributed by atoms with Gasteiger partial charge in [0.05, 0.1) is 6.20 Å². The summed E-state index contributed by atoms with van der Waals surface area (Å²) in [6, 6.07) is 1.73. The Hall–Kier alpha value is -2.31. The maximum Gasteiger partial charge on any atom is 0.242 e. The van der Waals surface area contributed by atoms with Crippen molar-refractivity contribution in [1.29, 1.82) is 0 Å². The number of nitrogens with one attached hydrogen (secondary N) is 1. The first-order valence-electron chi connectivity index (χ1n) is 6.16. The van der Waals surface area contributed by atoms with E-state index in [2.05, 4.69) is 15.5 Å². The third kappa shape index (κ3) is 3.34. The Bertz CT molecular complexity index is 571. The molecule has 0 saturated carbocycles. The predicted octanol–water partition coefficient (Wildman–Crippen LogP) is 0.307. The van der Waals surface area contributed by atoms with Gasteiger partial charge in [0, 0.05) is 36.6 Å². The fraction of sp³-hybridized carbons (Fsp3) is 0.417. The van der Waals surface area contributed by atoms with Crippen LogP contribution in [0.15, 0.2) is 18.5 Å². The van der Waals surface area contributed by atoms with Gasteiger partial charge in [0.25, 0.3) is 0 Å². The van der Waals surface area contributed by atoms with Crippen molar-refractivity contribution in [2.24, 2.45) is 0 Å². The first kappa shape index (κ1) is 13.1. The summed E-state index contributed by atoms with van der Waals surface area (Å²) in [5.74, 6) is 0.324. The van der Waals surface area contributed by atoms with E-state index in [9.17, 15) is 4.79 Å². The zero-order chi connectivity index (χ0) is 13.8. The normalized spacial score (nSPS) is 10.6. The van der Waals surface area contributed by atoms with Crippen LogP contribution in [0.2, 0.25) is 0 Å². The van der Waals surface area contributed by atoms with Crippen molar-refractivity contribution in [2.45, 2.75) is 33.5 Å². The van der Waals surface area contributed by atoms with Crippen LogP contribution in [0.25, 0.3) is 0 Å². The van der Waals surface area contributed by atoms with Gasteiger partial charge < -0.3 is 11.1 Å². The number of anilines is 1. The molecule has 0 aliphatic carbocycles. The van der Waals surface area contributed by atoms with E-state index in [4.69, 9.17) is 5.73 Å². The first-order chi connectivity index (χ1) is 9.08. The van der Waals surface area contributed by atoms with Crippen LogP contribution >= 0.6 is 0 Å². The molecule has 0 unspecified atom stereocenters. The van der Waals surface area contributed by atoms with Gasteiger partial charge in [0.15, 0.2) is 0 Å². The molecule has 2 rings (SSSR count). The summed E-state index contributed by atoms with van der Waals surface area (Å²) in [5.41, 5.74) is 7.41. The summed E-state index contributed by atoms with van der Waals surface area (Å²) in [4.78, 5) is 11.8. The number of aromatic nitrogens is 4. The van der Waals surface area contributed by atoms with E-state index in [1.807, 2.05) is 24.7 Å². The summed E-state index contributed by atoms with van der Waals surface area (Å²) in [7, 11) is 0. The summed E-state index contributed by atoms with van der Waals surface area (Å²) in [5, 5.41) is 11.0. The average molecular weight is 262 g/mol. The van der Waals surface area contributed by atoms with Crippen LogP contribution in [0.3, 0.4) is 0 Å². The highest BCUT2D eigenvalue weighted by Crippen LogP contribution is 2.04. The molecule has 0 aliphatic rings. The van der Waals surface area contributed by atoms with E-state index in [-0.39, 0.29) is 12.5 Å². The van der Waals surface area contributed by atoms with Crippen molar-refractivity contribution in [1.82, 2.24) is 24.9 Å². The molecule has 0 radical (unpaired) electrons. The molecule has 102 valence electrons. The average Bonchev–Trinajstić information content (AvgIpc) is 2.94. The van der Waals surface area contributed by atoms with Crippen LogP contribution in [-0.2, 0) is 24.4 Å². The maximum atomic E-state index is 11.8. The minimum atomic E-state index is -0.101. The van der Waals surface area contributed by atoms with Gasteiger partial charge in [0.1, 0.15) is 12.4 Å². The SMILES string of the molecule is CCn1cc(CNC(=O)Cn2nc(N)cc2C)cn1. The topological polar surface area (TPSA) is 90.8 Å². The number of nitrogens with two attached hydrogens (primary N) is 1. The van der Waals surface area contributed by atoms with E-state index in [1.54, 1.807) is 16.9 Å². The van der Waals surface area contributed by atoms with Crippen LogP contribution < -0.4 is 11.1 Å². The molecule has 0 saturated heterocycles. The van der Waals surface area contributed by atoms with Crippen molar-refractivity contribution >= 4 is 11.7 Å². The highest BCUT2D eigenvalue weighted by Gasteiger charge is 2.07. The van der Waals surface area contributed by atoms with Gasteiger partial charge in [-0.1, -0.05) is 0 Å². The maximum absolute atomic E-state index is 11.8. The summed E-state index contributed by atoms with van der Waals surface area (Å²) in [6.07, 6.45) is 3.67. The molecule has 0 atom stereocenters. The van der Waals surface area contributed by atoms with Crippen LogP contribution in [0.5, 0.6) is 0 Å². The fourth-order valence-electron chi connectivity index (χ4n) is 1.76. The summed E-state index contributed by atoms with van der Waals surface area (Å²) >= 11 is 0. The van der Waals surface area contributed by atoms with Crippen molar-refractivity contribution in [2.75, 3.05) is 5.73 Å². The molecule has 0 aliphatic heterocycles. The minimum Gasteiger partial charge on any atom is -0.382 e. The number of aryl methyl sites for hydroxylation is 2. The number of carbonyl (C=O) groups excluding carboxylic acids is 1. The zero-order valence-electron chi connectivity index (χ0n) is 11.1. The fourth-order valence-corrected chi connectivity index (χ4v) is 1.76. The molecule has 2 aromatic rings. The Morgan fingerprint density at radius 2 is 2.32 bits per heavy atom. The van der Waals surface area contributed by atoms with Gasteiger partial charge in [-0.3, -0.25) is 14.2 Å². The highest BCUT2D eigenvalue weighted by molar-refractivity contribution is 5.75.